The first kappa shape index (κ1) is 23.8. The normalized spacial score (nSPS) is 13.9. The van der Waals surface area contributed by atoms with Crippen LogP contribution in [0.3, 0.4) is 0 Å². The number of hydrogen-bond acceptors (Lipinski definition) is 7. The van der Waals surface area contributed by atoms with E-state index in [1.54, 1.807) is 27.7 Å². The summed E-state index contributed by atoms with van der Waals surface area (Å²) in [6.07, 6.45) is 0.745. The van der Waals surface area contributed by atoms with Gasteiger partial charge in [0, 0.05) is 18.0 Å². The smallest absolute Gasteiger partial charge is 0.426 e. The van der Waals surface area contributed by atoms with Gasteiger partial charge in [0.2, 0.25) is 0 Å². The van der Waals surface area contributed by atoms with E-state index < -0.39 is 17.7 Å². The molecule has 0 aromatic carbocycles. The predicted molar refractivity (Wildman–Crippen MR) is 120 cm³/mol. The monoisotopic (exact) mass is 467 g/mol. The molecule has 3 N–H and O–H groups in total. The Balaban J connectivity index is 2.03. The Hall–Kier alpha value is -2.86. The first-order chi connectivity index (χ1) is 14.9. The van der Waals surface area contributed by atoms with Crippen LogP contribution in [0.4, 0.5) is 9.59 Å². The van der Waals surface area contributed by atoms with Crippen LogP contribution in [-0.4, -0.2) is 45.6 Å². The van der Waals surface area contributed by atoms with Crippen LogP contribution in [0.5, 0.6) is 0 Å². The minimum atomic E-state index is -0.889. The average molecular weight is 468 g/mol. The molecule has 0 radical (unpaired) electrons. The molecule has 11 nitrogen and oxygen atoms in total. The van der Waals surface area contributed by atoms with Gasteiger partial charge in [-0.15, -0.1) is 11.3 Å². The van der Waals surface area contributed by atoms with Crippen molar-refractivity contribution < 1.29 is 19.1 Å². The molecular weight excluding hydrogens is 438 g/mol. The van der Waals surface area contributed by atoms with Crippen LogP contribution in [0.2, 0.25) is 0 Å². The maximum atomic E-state index is 13.2. The third-order valence-electron chi connectivity index (χ3n) is 4.97. The lowest BCUT2D eigenvalue weighted by Gasteiger charge is -2.24. The zero-order valence-electron chi connectivity index (χ0n) is 18.9. The molecule has 2 aromatic rings. The van der Waals surface area contributed by atoms with Crippen molar-refractivity contribution in [2.45, 2.75) is 65.3 Å². The second-order valence-electron chi connectivity index (χ2n) is 8.70. The number of hydrazine groups is 1. The Bertz CT molecular complexity index is 1150. The fraction of sp³-hybridized carbons (Fsp3) is 0.600. The second kappa shape index (κ2) is 8.94. The maximum absolute atomic E-state index is 13.2. The van der Waals surface area contributed by atoms with Gasteiger partial charge in [-0.2, -0.15) is 0 Å². The lowest BCUT2D eigenvalue weighted by molar-refractivity contribution is 0.0376. The molecule has 0 bridgehead atoms. The van der Waals surface area contributed by atoms with E-state index in [-0.39, 0.29) is 30.4 Å². The molecule has 0 aliphatic heterocycles. The molecule has 0 atom stereocenters. The summed E-state index contributed by atoms with van der Waals surface area (Å²) in [5.41, 5.74) is 6.95. The fourth-order valence-corrected chi connectivity index (χ4v) is 4.63. The number of aryl methyl sites for hydroxylation is 1. The van der Waals surface area contributed by atoms with Crippen LogP contribution >= 0.6 is 11.3 Å². The number of rotatable bonds is 6. The Morgan fingerprint density at radius 1 is 1.28 bits per heavy atom. The quantitative estimate of drug-likeness (QED) is 0.622. The number of amides is 3. The molecule has 176 valence electrons. The van der Waals surface area contributed by atoms with Gasteiger partial charge in [-0.3, -0.25) is 13.9 Å². The number of methoxy groups -OCH3 is 1. The van der Waals surface area contributed by atoms with Crippen LogP contribution in [-0.2, 0) is 22.6 Å². The Morgan fingerprint density at radius 3 is 2.47 bits per heavy atom. The first-order valence-corrected chi connectivity index (χ1v) is 11.1. The number of aromatic nitrogens is 2. The number of hydrogen-bond donors (Lipinski definition) is 2. The summed E-state index contributed by atoms with van der Waals surface area (Å²) < 4.78 is 13.2. The fourth-order valence-electron chi connectivity index (χ4n) is 3.32. The van der Waals surface area contributed by atoms with Crippen LogP contribution < -0.4 is 22.4 Å². The van der Waals surface area contributed by atoms with Crippen molar-refractivity contribution >= 4 is 33.7 Å². The zero-order valence-corrected chi connectivity index (χ0v) is 19.7. The van der Waals surface area contributed by atoms with Crippen LogP contribution in [0.25, 0.3) is 10.2 Å². The molecule has 1 saturated carbocycles. The lowest BCUT2D eigenvalue weighted by Crippen LogP contribution is -2.49. The first-order valence-electron chi connectivity index (χ1n) is 10.3. The van der Waals surface area contributed by atoms with Crippen LogP contribution in [0.1, 0.15) is 50.1 Å². The summed E-state index contributed by atoms with van der Waals surface area (Å²) in [6, 6.07) is -0.980. The van der Waals surface area contributed by atoms with Gasteiger partial charge in [0.15, 0.2) is 0 Å². The molecule has 12 heteroatoms. The van der Waals surface area contributed by atoms with Gasteiger partial charge in [-0.25, -0.2) is 24.8 Å². The molecule has 0 unspecified atom stereocenters. The van der Waals surface area contributed by atoms with E-state index in [1.807, 2.05) is 0 Å². The number of urea groups is 1. The van der Waals surface area contributed by atoms with Gasteiger partial charge in [0.25, 0.3) is 5.56 Å². The molecule has 0 saturated heterocycles. The molecular formula is C20H29N5O6S. The van der Waals surface area contributed by atoms with Crippen molar-refractivity contribution in [2.24, 2.45) is 5.73 Å². The highest BCUT2D eigenvalue weighted by Gasteiger charge is 2.31. The summed E-state index contributed by atoms with van der Waals surface area (Å²) in [7, 11) is 1.54. The molecule has 3 amide bonds. The number of carbonyl (C=O) groups excluding carboxylic acids is 2. The summed E-state index contributed by atoms with van der Waals surface area (Å²) in [5.74, 6) is 0. The van der Waals surface area contributed by atoms with Crippen molar-refractivity contribution in [2.75, 3.05) is 13.7 Å². The minimum Gasteiger partial charge on any atom is -0.443 e. The number of primary amides is 1. The standard InChI is InChI=1S/C20H29N5O6S/c1-11-13(10-24(17(21)27)22-18(28)31-20(2,3)4)32-16-14(11)15(26)25(12-6-7-12)19(29)23(16)8-9-30-5/h12H,6-10H2,1-5H3,(H2,21,27)(H,22,28). The SMILES string of the molecule is COCCn1c(=O)n(C2CC2)c(=O)c2c(C)c(CN(NC(=O)OC(C)(C)C)C(N)=O)sc21. The van der Waals surface area contributed by atoms with Crippen molar-refractivity contribution in [3.63, 3.8) is 0 Å². The number of thiophene rings is 1. The van der Waals surface area contributed by atoms with Crippen LogP contribution in [0, 0.1) is 6.92 Å². The molecule has 1 fully saturated rings. The Morgan fingerprint density at radius 2 is 1.94 bits per heavy atom. The highest BCUT2D eigenvalue weighted by atomic mass is 32.1. The van der Waals surface area contributed by atoms with Gasteiger partial charge in [-0.05, 0) is 46.1 Å². The highest BCUT2D eigenvalue weighted by Crippen LogP contribution is 2.34. The summed E-state index contributed by atoms with van der Waals surface area (Å²) in [4.78, 5) is 51.4. The van der Waals surface area contributed by atoms with E-state index in [4.69, 9.17) is 15.2 Å². The molecule has 3 rings (SSSR count). The molecule has 2 heterocycles. The molecule has 2 aromatic heterocycles. The van der Waals surface area contributed by atoms with Gasteiger partial charge in [0.05, 0.1) is 25.1 Å². The van der Waals surface area contributed by atoms with Gasteiger partial charge in [-0.1, -0.05) is 0 Å². The topological polar surface area (TPSA) is 138 Å². The van der Waals surface area contributed by atoms with E-state index in [0.717, 1.165) is 17.9 Å². The average Bonchev–Trinajstić information content (AvgIpc) is 3.44. The number of fused-ring (bicyclic) bond motifs is 1. The Labute approximate surface area is 188 Å². The number of nitrogens with zero attached hydrogens (tertiary/aromatic N) is 3. The summed E-state index contributed by atoms with van der Waals surface area (Å²) >= 11 is 1.21. The number of carbonyl (C=O) groups is 2. The zero-order chi connectivity index (χ0) is 23.8. The molecule has 1 aliphatic rings. The number of ether oxygens (including phenoxy) is 2. The van der Waals surface area contributed by atoms with E-state index in [1.165, 1.54) is 27.6 Å². The van der Waals surface area contributed by atoms with E-state index in [0.29, 0.717) is 27.3 Å². The summed E-state index contributed by atoms with van der Waals surface area (Å²) in [5, 5.41) is 1.34. The van der Waals surface area contributed by atoms with E-state index in [2.05, 4.69) is 5.43 Å². The largest absolute Gasteiger partial charge is 0.443 e. The number of nitrogens with two attached hydrogens (primary N) is 1. The van der Waals surface area contributed by atoms with Gasteiger partial charge in [0.1, 0.15) is 10.4 Å². The second-order valence-corrected chi connectivity index (χ2v) is 9.79. The third-order valence-corrected chi connectivity index (χ3v) is 6.27. The van der Waals surface area contributed by atoms with Crippen molar-refractivity contribution in [1.29, 1.82) is 0 Å². The number of nitrogens with one attached hydrogen (secondary N) is 1. The van der Waals surface area contributed by atoms with Crippen molar-refractivity contribution in [3.8, 4) is 0 Å². The molecule has 0 spiro atoms. The lowest BCUT2D eigenvalue weighted by atomic mass is 10.2. The maximum Gasteiger partial charge on any atom is 0.426 e. The molecule has 32 heavy (non-hydrogen) atoms. The predicted octanol–water partition coefficient (Wildman–Crippen LogP) is 1.83. The van der Waals surface area contributed by atoms with Crippen molar-refractivity contribution in [3.05, 3.63) is 31.3 Å². The van der Waals surface area contributed by atoms with E-state index in [9.17, 15) is 19.2 Å². The highest BCUT2D eigenvalue weighted by molar-refractivity contribution is 7.18. The van der Waals surface area contributed by atoms with Crippen LogP contribution in [0.15, 0.2) is 9.59 Å². The van der Waals surface area contributed by atoms with Gasteiger partial charge < -0.3 is 15.2 Å². The van der Waals surface area contributed by atoms with E-state index >= 15 is 0 Å². The van der Waals surface area contributed by atoms with Crippen molar-refractivity contribution in [1.82, 2.24) is 19.6 Å². The molecule has 1 aliphatic carbocycles. The summed E-state index contributed by atoms with van der Waals surface area (Å²) in [6.45, 7) is 7.35. The Kier molecular flexibility index (Phi) is 6.65. The van der Waals surface area contributed by atoms with Gasteiger partial charge >= 0.3 is 17.8 Å². The third kappa shape index (κ3) is 4.96. The minimum absolute atomic E-state index is 0.0822.